The molecule has 1 aliphatic carbocycles. The Hall–Kier alpha value is -2.37. The predicted octanol–water partition coefficient (Wildman–Crippen LogP) is 1.96. The van der Waals surface area contributed by atoms with E-state index in [1.54, 1.807) is 0 Å². The first-order valence-electron chi connectivity index (χ1n) is 7.20. The van der Waals surface area contributed by atoms with Crippen molar-refractivity contribution in [2.24, 2.45) is 10.8 Å². The molecule has 0 aliphatic heterocycles. The maximum absolute atomic E-state index is 11.3. The van der Waals surface area contributed by atoms with Gasteiger partial charge >= 0.3 is 17.9 Å². The summed E-state index contributed by atoms with van der Waals surface area (Å²) >= 11 is 0. The van der Waals surface area contributed by atoms with Crippen LogP contribution >= 0.6 is 0 Å². The van der Waals surface area contributed by atoms with Crippen molar-refractivity contribution in [3.8, 4) is 0 Å². The molecular formula is C17H22O6. The van der Waals surface area contributed by atoms with Crippen LogP contribution in [0.4, 0.5) is 0 Å². The first kappa shape index (κ1) is 18.7. The molecule has 0 spiro atoms. The average Bonchev–Trinajstić information content (AvgIpc) is 3.36. The largest absolute Gasteiger partial charge is 0.462 e. The zero-order valence-electron chi connectivity index (χ0n) is 13.3. The molecule has 6 heteroatoms. The molecule has 0 aromatic carbocycles. The Bertz CT molecular complexity index is 491. The van der Waals surface area contributed by atoms with Gasteiger partial charge in [-0.15, -0.1) is 0 Å². The Labute approximate surface area is 135 Å². The van der Waals surface area contributed by atoms with E-state index in [9.17, 15) is 14.4 Å². The van der Waals surface area contributed by atoms with Crippen LogP contribution in [0.25, 0.3) is 0 Å². The van der Waals surface area contributed by atoms with E-state index in [0.29, 0.717) is 0 Å². The second kappa shape index (κ2) is 7.76. The third-order valence-electron chi connectivity index (χ3n) is 4.19. The van der Waals surface area contributed by atoms with Crippen molar-refractivity contribution in [2.75, 3.05) is 19.8 Å². The monoisotopic (exact) mass is 322 g/mol. The molecule has 0 radical (unpaired) electrons. The van der Waals surface area contributed by atoms with E-state index >= 15 is 0 Å². The molecule has 0 bridgehead atoms. The number of esters is 3. The number of carbonyl (C=O) groups is 3. The summed E-state index contributed by atoms with van der Waals surface area (Å²) < 4.78 is 15.4. The smallest absolute Gasteiger partial charge is 0.330 e. The molecule has 0 heterocycles. The van der Waals surface area contributed by atoms with Gasteiger partial charge in [-0.05, 0) is 12.8 Å². The van der Waals surface area contributed by atoms with Gasteiger partial charge in [-0.2, -0.15) is 0 Å². The number of hydrogen-bond donors (Lipinski definition) is 0. The summed E-state index contributed by atoms with van der Waals surface area (Å²) in [5.41, 5.74) is -1.10. The van der Waals surface area contributed by atoms with Crippen LogP contribution in [-0.2, 0) is 28.6 Å². The maximum atomic E-state index is 11.3. The number of ether oxygens (including phenoxy) is 3. The van der Waals surface area contributed by atoms with Crippen molar-refractivity contribution in [2.45, 2.75) is 19.8 Å². The Balaban J connectivity index is 2.83. The molecule has 0 N–H and O–H groups in total. The number of hydrogen-bond acceptors (Lipinski definition) is 6. The summed E-state index contributed by atoms with van der Waals surface area (Å²) in [5, 5.41) is 0. The van der Waals surface area contributed by atoms with Crippen LogP contribution < -0.4 is 0 Å². The number of rotatable bonds is 10. The van der Waals surface area contributed by atoms with Gasteiger partial charge in [0.2, 0.25) is 0 Å². The molecule has 1 aliphatic rings. The third kappa shape index (κ3) is 4.81. The molecule has 0 saturated heterocycles. The van der Waals surface area contributed by atoms with E-state index in [1.165, 1.54) is 0 Å². The van der Waals surface area contributed by atoms with Crippen LogP contribution in [-0.4, -0.2) is 37.7 Å². The molecule has 0 amide bonds. The van der Waals surface area contributed by atoms with Gasteiger partial charge in [0.25, 0.3) is 0 Å². The Morgan fingerprint density at radius 3 is 1.65 bits per heavy atom. The minimum absolute atomic E-state index is 0.0217. The lowest BCUT2D eigenvalue weighted by Crippen LogP contribution is -2.42. The van der Waals surface area contributed by atoms with Crippen LogP contribution in [0.2, 0.25) is 0 Å². The van der Waals surface area contributed by atoms with Crippen molar-refractivity contribution in [3.63, 3.8) is 0 Å². The molecule has 1 saturated carbocycles. The van der Waals surface area contributed by atoms with Gasteiger partial charge in [0.15, 0.2) is 0 Å². The Kier molecular flexibility index (Phi) is 6.30. The fraction of sp³-hybridized carbons (Fsp3) is 0.471. The molecule has 1 fully saturated rings. The van der Waals surface area contributed by atoms with Crippen molar-refractivity contribution in [1.82, 2.24) is 0 Å². The molecule has 23 heavy (non-hydrogen) atoms. The average molecular weight is 322 g/mol. The summed E-state index contributed by atoms with van der Waals surface area (Å²) in [5.74, 6) is -1.65. The summed E-state index contributed by atoms with van der Waals surface area (Å²) in [6.45, 7) is 12.1. The Morgan fingerprint density at radius 1 is 0.913 bits per heavy atom. The molecule has 0 aromatic heterocycles. The second-order valence-corrected chi connectivity index (χ2v) is 5.78. The van der Waals surface area contributed by atoms with Gasteiger partial charge in [-0.3, -0.25) is 0 Å². The van der Waals surface area contributed by atoms with Crippen LogP contribution in [0.15, 0.2) is 38.0 Å². The van der Waals surface area contributed by atoms with Gasteiger partial charge in [0.1, 0.15) is 13.2 Å². The van der Waals surface area contributed by atoms with E-state index in [4.69, 9.17) is 14.2 Å². The zero-order valence-corrected chi connectivity index (χ0v) is 13.3. The Morgan fingerprint density at radius 2 is 1.30 bits per heavy atom. The normalized spacial score (nSPS) is 15.0. The second-order valence-electron chi connectivity index (χ2n) is 5.78. The van der Waals surface area contributed by atoms with Crippen molar-refractivity contribution in [3.05, 3.63) is 38.0 Å². The van der Waals surface area contributed by atoms with Crippen LogP contribution in [0.5, 0.6) is 0 Å². The summed E-state index contributed by atoms with van der Waals surface area (Å²) in [7, 11) is 0. The molecule has 0 atom stereocenters. The van der Waals surface area contributed by atoms with Gasteiger partial charge < -0.3 is 14.2 Å². The quantitative estimate of drug-likeness (QED) is 0.347. The first-order chi connectivity index (χ1) is 10.8. The highest BCUT2D eigenvalue weighted by Gasteiger charge is 2.58. The van der Waals surface area contributed by atoms with E-state index in [-0.39, 0.29) is 19.8 Å². The third-order valence-corrected chi connectivity index (χ3v) is 4.19. The van der Waals surface area contributed by atoms with Crippen molar-refractivity contribution < 1.29 is 28.6 Å². The molecule has 1 rings (SSSR count). The fourth-order valence-corrected chi connectivity index (χ4v) is 2.27. The van der Waals surface area contributed by atoms with E-state index in [0.717, 1.165) is 31.1 Å². The van der Waals surface area contributed by atoms with E-state index < -0.39 is 28.7 Å². The first-order valence-corrected chi connectivity index (χ1v) is 7.20. The highest BCUT2D eigenvalue weighted by molar-refractivity contribution is 5.82. The predicted molar refractivity (Wildman–Crippen MR) is 83.2 cm³/mol. The van der Waals surface area contributed by atoms with Gasteiger partial charge in [-0.1, -0.05) is 26.7 Å². The summed E-state index contributed by atoms with van der Waals surface area (Å²) in [4.78, 5) is 34.0. The maximum Gasteiger partial charge on any atom is 0.330 e. The lowest BCUT2D eigenvalue weighted by molar-refractivity contribution is -0.157. The number of carbonyl (C=O) groups excluding carboxylic acids is 3. The lowest BCUT2D eigenvalue weighted by atomic mass is 9.75. The molecule has 0 aromatic rings. The van der Waals surface area contributed by atoms with Crippen LogP contribution in [0, 0.1) is 10.8 Å². The molecule has 0 unspecified atom stereocenters. The minimum Gasteiger partial charge on any atom is -0.462 e. The topological polar surface area (TPSA) is 78.9 Å². The highest BCUT2D eigenvalue weighted by Crippen LogP contribution is 2.59. The van der Waals surface area contributed by atoms with Crippen molar-refractivity contribution >= 4 is 17.9 Å². The highest BCUT2D eigenvalue weighted by atomic mass is 16.6. The fourth-order valence-electron chi connectivity index (χ4n) is 2.27. The molecule has 6 nitrogen and oxygen atoms in total. The zero-order chi connectivity index (χ0) is 17.5. The van der Waals surface area contributed by atoms with Crippen molar-refractivity contribution in [1.29, 1.82) is 0 Å². The lowest BCUT2D eigenvalue weighted by Gasteiger charge is -2.36. The molecular weight excluding hydrogens is 300 g/mol. The van der Waals surface area contributed by atoms with E-state index in [1.807, 2.05) is 6.92 Å². The SMILES string of the molecule is C=CC(=O)OCC(C)(COC(=O)C=C)C1(COC(=O)C=C)CC1. The standard InChI is InChI=1S/C17H22O6/c1-5-13(18)21-10-16(4,11-22-14(19)6-2)17(8-9-17)12-23-15(20)7-3/h5-7H,1-3,8-12H2,4H3. The summed E-state index contributed by atoms with van der Waals surface area (Å²) in [6, 6.07) is 0. The van der Waals surface area contributed by atoms with Crippen LogP contribution in [0.3, 0.4) is 0 Å². The van der Waals surface area contributed by atoms with Crippen LogP contribution in [0.1, 0.15) is 19.8 Å². The molecule has 126 valence electrons. The van der Waals surface area contributed by atoms with Gasteiger partial charge in [0.05, 0.1) is 6.61 Å². The minimum atomic E-state index is -0.689. The summed E-state index contributed by atoms with van der Waals surface area (Å²) in [6.07, 6.45) is 4.75. The van der Waals surface area contributed by atoms with Gasteiger partial charge in [-0.25, -0.2) is 14.4 Å². The van der Waals surface area contributed by atoms with E-state index in [2.05, 4.69) is 19.7 Å². The van der Waals surface area contributed by atoms with Gasteiger partial charge in [0, 0.05) is 29.1 Å².